The van der Waals surface area contributed by atoms with E-state index in [1.54, 1.807) is 23.1 Å². The van der Waals surface area contributed by atoms with E-state index in [1.807, 2.05) is 10.6 Å². The Morgan fingerprint density at radius 3 is 2.68 bits per heavy atom. The Labute approximate surface area is 202 Å². The SMILES string of the molecule is CS(=O)(=O)CCCn1c(CN2C(=O)C3(CCOCC3)c3ccc(F)cc32)nc2cc(Cl)ccc21. The molecule has 2 aliphatic heterocycles. The molecule has 1 aromatic heterocycles. The summed E-state index contributed by atoms with van der Waals surface area (Å²) in [5.74, 6) is 0.149. The van der Waals surface area contributed by atoms with E-state index in [0.29, 0.717) is 61.1 Å². The number of ether oxygens (including phenoxy) is 1. The monoisotopic (exact) mass is 505 g/mol. The van der Waals surface area contributed by atoms with Crippen LogP contribution in [0.15, 0.2) is 36.4 Å². The van der Waals surface area contributed by atoms with Crippen LogP contribution in [-0.4, -0.2) is 49.1 Å². The molecule has 34 heavy (non-hydrogen) atoms. The Morgan fingerprint density at radius 1 is 1.18 bits per heavy atom. The van der Waals surface area contributed by atoms with Crippen LogP contribution in [0.4, 0.5) is 10.1 Å². The first-order valence-corrected chi connectivity index (χ1v) is 13.6. The van der Waals surface area contributed by atoms with Crippen molar-refractivity contribution < 1.29 is 22.3 Å². The number of hydrogen-bond acceptors (Lipinski definition) is 5. The Balaban J connectivity index is 1.55. The predicted molar refractivity (Wildman–Crippen MR) is 128 cm³/mol. The molecule has 0 unspecified atom stereocenters. The second kappa shape index (κ2) is 8.62. The zero-order valence-electron chi connectivity index (χ0n) is 18.8. The molecule has 0 saturated carbocycles. The number of anilines is 1. The molecule has 10 heteroatoms. The number of amides is 1. The van der Waals surface area contributed by atoms with Crippen molar-refractivity contribution in [2.45, 2.75) is 37.8 Å². The van der Waals surface area contributed by atoms with E-state index in [2.05, 4.69) is 0 Å². The van der Waals surface area contributed by atoms with E-state index >= 15 is 0 Å². The lowest BCUT2D eigenvalue weighted by Crippen LogP contribution is -2.44. The van der Waals surface area contributed by atoms with Crippen LogP contribution in [0.2, 0.25) is 5.02 Å². The summed E-state index contributed by atoms with van der Waals surface area (Å²) in [5, 5.41) is 0.533. The number of carbonyl (C=O) groups excluding carboxylic acids is 1. The van der Waals surface area contributed by atoms with Gasteiger partial charge in [-0.15, -0.1) is 0 Å². The van der Waals surface area contributed by atoms with E-state index in [1.165, 1.54) is 18.4 Å². The van der Waals surface area contributed by atoms with Crippen molar-refractivity contribution in [2.24, 2.45) is 0 Å². The van der Waals surface area contributed by atoms with Crippen molar-refractivity contribution >= 4 is 44.1 Å². The molecule has 0 N–H and O–H groups in total. The van der Waals surface area contributed by atoms with Crippen LogP contribution >= 0.6 is 11.6 Å². The maximum Gasteiger partial charge on any atom is 0.238 e. The van der Waals surface area contributed by atoms with Crippen molar-refractivity contribution in [3.63, 3.8) is 0 Å². The molecule has 7 nitrogen and oxygen atoms in total. The molecule has 3 heterocycles. The van der Waals surface area contributed by atoms with Gasteiger partial charge in [0.2, 0.25) is 5.91 Å². The minimum atomic E-state index is -3.12. The van der Waals surface area contributed by atoms with Gasteiger partial charge in [-0.2, -0.15) is 0 Å². The molecule has 180 valence electrons. The molecule has 1 saturated heterocycles. The zero-order valence-corrected chi connectivity index (χ0v) is 20.3. The lowest BCUT2D eigenvalue weighted by Gasteiger charge is -2.32. The van der Waals surface area contributed by atoms with Gasteiger partial charge in [0.25, 0.3) is 0 Å². The number of aromatic nitrogens is 2. The first-order chi connectivity index (χ1) is 16.2. The maximum atomic E-state index is 14.3. The van der Waals surface area contributed by atoms with E-state index in [4.69, 9.17) is 21.3 Å². The lowest BCUT2D eigenvalue weighted by atomic mass is 9.75. The van der Waals surface area contributed by atoms with Crippen molar-refractivity contribution in [2.75, 3.05) is 30.1 Å². The van der Waals surface area contributed by atoms with Gasteiger partial charge in [0.1, 0.15) is 21.5 Å². The van der Waals surface area contributed by atoms with Crippen molar-refractivity contribution in [1.29, 1.82) is 0 Å². The fourth-order valence-electron chi connectivity index (χ4n) is 5.13. The summed E-state index contributed by atoms with van der Waals surface area (Å²) in [5.41, 5.74) is 2.12. The van der Waals surface area contributed by atoms with Crippen LogP contribution in [-0.2, 0) is 37.9 Å². The largest absolute Gasteiger partial charge is 0.381 e. The zero-order chi connectivity index (χ0) is 24.1. The third-order valence-electron chi connectivity index (χ3n) is 6.75. The second-order valence-electron chi connectivity index (χ2n) is 9.04. The summed E-state index contributed by atoms with van der Waals surface area (Å²) in [4.78, 5) is 20.1. The highest BCUT2D eigenvalue weighted by Gasteiger charge is 2.51. The maximum absolute atomic E-state index is 14.3. The first kappa shape index (κ1) is 23.3. The predicted octanol–water partition coefficient (Wildman–Crippen LogP) is 3.86. The number of fused-ring (bicyclic) bond motifs is 3. The summed E-state index contributed by atoms with van der Waals surface area (Å²) in [6.07, 6.45) is 2.70. The minimum absolute atomic E-state index is 0.0412. The number of halogens is 2. The third kappa shape index (κ3) is 4.10. The van der Waals surface area contributed by atoms with Crippen LogP contribution in [0, 0.1) is 5.82 Å². The molecule has 1 fully saturated rings. The van der Waals surface area contributed by atoms with Crippen LogP contribution in [0.5, 0.6) is 0 Å². The summed E-state index contributed by atoms with van der Waals surface area (Å²) in [6, 6.07) is 9.86. The van der Waals surface area contributed by atoms with Crippen molar-refractivity contribution in [1.82, 2.24) is 9.55 Å². The molecular formula is C24H25ClFN3O4S. The number of rotatable bonds is 6. The number of aryl methyl sites for hydroxylation is 1. The molecule has 0 atom stereocenters. The summed E-state index contributed by atoms with van der Waals surface area (Å²) < 4.78 is 45.1. The van der Waals surface area contributed by atoms with Crippen molar-refractivity contribution in [3.05, 3.63) is 58.6 Å². The fraction of sp³-hybridized carbons (Fsp3) is 0.417. The van der Waals surface area contributed by atoms with Gasteiger partial charge in [-0.05, 0) is 55.2 Å². The quantitative estimate of drug-likeness (QED) is 0.508. The molecule has 0 aliphatic carbocycles. The van der Waals surface area contributed by atoms with Crippen LogP contribution < -0.4 is 4.90 Å². The highest BCUT2D eigenvalue weighted by Crippen LogP contribution is 2.48. The normalized spacial score (nSPS) is 17.6. The number of nitrogens with zero attached hydrogens (tertiary/aromatic N) is 3. The Morgan fingerprint density at radius 2 is 1.94 bits per heavy atom. The van der Waals surface area contributed by atoms with E-state index in [0.717, 1.165) is 11.1 Å². The number of imidazole rings is 1. The number of benzene rings is 2. The Bertz CT molecular complexity index is 1380. The van der Waals surface area contributed by atoms with Crippen LogP contribution in [0.3, 0.4) is 0 Å². The first-order valence-electron chi connectivity index (χ1n) is 11.2. The molecule has 5 rings (SSSR count). The molecule has 2 aromatic carbocycles. The average molecular weight is 506 g/mol. The standard InChI is InChI=1S/C24H25ClFN3O4S/c1-34(31,32)12-2-9-28-20-6-3-16(25)13-19(20)27-22(28)15-29-21-14-17(26)4-5-18(21)24(23(29)30)7-10-33-11-8-24/h3-6,13-14H,2,7-12,15H2,1H3. The van der Waals surface area contributed by atoms with Gasteiger partial charge in [-0.1, -0.05) is 17.7 Å². The summed E-state index contributed by atoms with van der Waals surface area (Å²) in [7, 11) is -3.12. The lowest BCUT2D eigenvalue weighted by molar-refractivity contribution is -0.126. The summed E-state index contributed by atoms with van der Waals surface area (Å²) in [6.45, 7) is 1.50. The second-order valence-corrected chi connectivity index (χ2v) is 11.7. The van der Waals surface area contributed by atoms with E-state index in [-0.39, 0.29) is 18.2 Å². The van der Waals surface area contributed by atoms with Gasteiger partial charge < -0.3 is 14.2 Å². The van der Waals surface area contributed by atoms with Crippen molar-refractivity contribution in [3.8, 4) is 0 Å². The highest BCUT2D eigenvalue weighted by atomic mass is 35.5. The average Bonchev–Trinajstić information content (AvgIpc) is 3.21. The molecular weight excluding hydrogens is 481 g/mol. The topological polar surface area (TPSA) is 81.5 Å². The van der Waals surface area contributed by atoms with Gasteiger partial charge in [0.05, 0.1) is 34.4 Å². The van der Waals surface area contributed by atoms with Gasteiger partial charge in [0.15, 0.2) is 0 Å². The molecule has 2 aliphatic rings. The van der Waals surface area contributed by atoms with Gasteiger partial charge in [-0.25, -0.2) is 17.8 Å². The number of hydrogen-bond donors (Lipinski definition) is 0. The smallest absolute Gasteiger partial charge is 0.238 e. The highest BCUT2D eigenvalue weighted by molar-refractivity contribution is 7.90. The number of carbonyl (C=O) groups is 1. The molecule has 1 amide bonds. The third-order valence-corrected chi connectivity index (χ3v) is 8.02. The van der Waals surface area contributed by atoms with E-state index in [9.17, 15) is 17.6 Å². The Hall–Kier alpha value is -2.49. The summed E-state index contributed by atoms with van der Waals surface area (Å²) >= 11 is 6.17. The molecule has 1 spiro atoms. The molecule has 0 radical (unpaired) electrons. The van der Waals surface area contributed by atoms with Gasteiger partial charge in [0, 0.05) is 31.0 Å². The van der Waals surface area contributed by atoms with E-state index < -0.39 is 21.1 Å². The molecule has 3 aromatic rings. The van der Waals surface area contributed by atoms with Gasteiger partial charge in [-0.3, -0.25) is 4.79 Å². The van der Waals surface area contributed by atoms with Crippen LogP contribution in [0.1, 0.15) is 30.7 Å². The minimum Gasteiger partial charge on any atom is -0.381 e. The van der Waals surface area contributed by atoms with Gasteiger partial charge >= 0.3 is 0 Å². The number of sulfone groups is 1. The van der Waals surface area contributed by atoms with Crippen LogP contribution in [0.25, 0.3) is 11.0 Å². The Kier molecular flexibility index (Phi) is 5.90. The molecule has 0 bridgehead atoms. The fourth-order valence-corrected chi connectivity index (χ4v) is 5.94.